The second-order valence-corrected chi connectivity index (χ2v) is 10.8. The van der Waals surface area contributed by atoms with Gasteiger partial charge in [0.1, 0.15) is 5.60 Å². The molecule has 10 heteroatoms. The van der Waals surface area contributed by atoms with Gasteiger partial charge in [0.2, 0.25) is 0 Å². The summed E-state index contributed by atoms with van der Waals surface area (Å²) in [6.07, 6.45) is 7.39. The van der Waals surface area contributed by atoms with Gasteiger partial charge < -0.3 is 35.0 Å². The molecule has 210 valence electrons. The van der Waals surface area contributed by atoms with Crippen molar-refractivity contribution in [1.82, 2.24) is 9.88 Å². The number of aromatic amines is 1. The zero-order chi connectivity index (χ0) is 28.1. The predicted molar refractivity (Wildman–Crippen MR) is 141 cm³/mol. The van der Waals surface area contributed by atoms with Crippen LogP contribution in [0.5, 0.6) is 0 Å². The van der Waals surface area contributed by atoms with E-state index in [1.54, 1.807) is 0 Å². The van der Waals surface area contributed by atoms with Crippen molar-refractivity contribution >= 4 is 28.8 Å². The number of hydrogen-bond acceptors (Lipinski definition) is 6. The molecule has 1 fully saturated rings. The zero-order valence-electron chi connectivity index (χ0n) is 22.5. The van der Waals surface area contributed by atoms with Crippen molar-refractivity contribution in [2.24, 2.45) is 0 Å². The fourth-order valence-corrected chi connectivity index (χ4v) is 5.92. The van der Waals surface area contributed by atoms with Gasteiger partial charge in [-0.25, -0.2) is 4.79 Å². The van der Waals surface area contributed by atoms with Gasteiger partial charge in [-0.3, -0.25) is 9.59 Å². The van der Waals surface area contributed by atoms with Crippen molar-refractivity contribution in [2.75, 3.05) is 20.7 Å². The van der Waals surface area contributed by atoms with Gasteiger partial charge in [0.15, 0.2) is 5.60 Å². The van der Waals surface area contributed by atoms with E-state index < -0.39 is 36.4 Å². The summed E-state index contributed by atoms with van der Waals surface area (Å²) in [5.41, 5.74) is 1.69. The van der Waals surface area contributed by atoms with Crippen LogP contribution in [0.25, 0.3) is 10.9 Å². The molecule has 1 spiro atoms. The number of aromatic nitrogens is 1. The number of benzene rings is 1. The molecular weight excluding hydrogens is 492 g/mol. The Morgan fingerprint density at radius 3 is 2.16 bits per heavy atom. The third-order valence-corrected chi connectivity index (χ3v) is 8.22. The van der Waals surface area contributed by atoms with E-state index in [-0.39, 0.29) is 5.60 Å². The first-order chi connectivity index (χ1) is 17.9. The van der Waals surface area contributed by atoms with Crippen LogP contribution in [0.1, 0.15) is 76.0 Å². The fourth-order valence-electron chi connectivity index (χ4n) is 5.92. The first kappa shape index (κ1) is 29.6. The van der Waals surface area contributed by atoms with Gasteiger partial charge in [-0.1, -0.05) is 38.0 Å². The average molecular weight is 533 g/mol. The first-order valence-corrected chi connectivity index (χ1v) is 13.2. The van der Waals surface area contributed by atoms with Crippen molar-refractivity contribution in [1.29, 1.82) is 0 Å². The smallest absolute Gasteiger partial charge is 0.336 e. The summed E-state index contributed by atoms with van der Waals surface area (Å²) in [6, 6.07) is 8.75. The lowest BCUT2D eigenvalue weighted by molar-refractivity contribution is -0.170. The maximum Gasteiger partial charge on any atom is 0.336 e. The van der Waals surface area contributed by atoms with Gasteiger partial charge in [0.05, 0.1) is 25.1 Å². The van der Waals surface area contributed by atoms with Crippen molar-refractivity contribution in [3.8, 4) is 0 Å². The fraction of sp³-hybridized carbons (Fsp3) is 0.607. The van der Waals surface area contributed by atoms with Crippen molar-refractivity contribution in [3.63, 3.8) is 0 Å². The molecule has 1 aromatic heterocycles. The number of aliphatic carboxylic acids is 3. The second-order valence-electron chi connectivity index (χ2n) is 10.8. The molecule has 0 radical (unpaired) electrons. The Balaban J connectivity index is 0.000000263. The van der Waals surface area contributed by atoms with Crippen LogP contribution in [0, 0.1) is 0 Å². The Hall–Kier alpha value is -2.95. The van der Waals surface area contributed by atoms with Crippen molar-refractivity contribution in [2.45, 2.75) is 87.9 Å². The molecule has 1 aliphatic heterocycles. The molecule has 0 bridgehead atoms. The lowest BCUT2D eigenvalue weighted by atomic mass is 9.69. The molecule has 5 N–H and O–H groups in total. The van der Waals surface area contributed by atoms with Crippen LogP contribution in [0.2, 0.25) is 0 Å². The Kier molecular flexibility index (Phi) is 9.22. The highest BCUT2D eigenvalue weighted by atomic mass is 16.5. The number of nitrogens with one attached hydrogen (secondary N) is 1. The van der Waals surface area contributed by atoms with E-state index in [9.17, 15) is 14.4 Å². The third-order valence-electron chi connectivity index (χ3n) is 8.22. The normalized spacial score (nSPS) is 23.1. The number of rotatable bonds is 9. The average Bonchev–Trinajstić information content (AvgIpc) is 3.23. The number of nitrogens with zero attached hydrogens (tertiary/aromatic N) is 1. The lowest BCUT2D eigenvalue weighted by Crippen LogP contribution is -2.52. The number of unbranched alkanes of at least 4 members (excludes halogenated alkanes) is 1. The number of fused-ring (bicyclic) bond motifs is 4. The number of para-hydroxylation sites is 1. The molecule has 1 aliphatic carbocycles. The summed E-state index contributed by atoms with van der Waals surface area (Å²) in [7, 11) is 4.54. The second kappa shape index (κ2) is 11.8. The number of aliphatic hydroxyl groups is 1. The zero-order valence-corrected chi connectivity index (χ0v) is 22.5. The number of hydrogen-bond donors (Lipinski definition) is 5. The predicted octanol–water partition coefficient (Wildman–Crippen LogP) is 3.75. The molecular formula is C28H40N2O8. The van der Waals surface area contributed by atoms with E-state index in [1.807, 2.05) is 0 Å². The molecule has 10 nitrogen and oxygen atoms in total. The van der Waals surface area contributed by atoms with Crippen LogP contribution in [0.4, 0.5) is 0 Å². The minimum atomic E-state index is -2.74. The summed E-state index contributed by atoms with van der Waals surface area (Å²) >= 11 is 0. The Bertz CT molecular complexity index is 1130. The highest BCUT2D eigenvalue weighted by molar-refractivity contribution is 5.88. The van der Waals surface area contributed by atoms with Crippen LogP contribution in [0.3, 0.4) is 0 Å². The summed E-state index contributed by atoms with van der Waals surface area (Å²) in [6.45, 7) is 3.16. The van der Waals surface area contributed by atoms with E-state index in [2.05, 4.69) is 55.2 Å². The number of ether oxygens (including phenoxy) is 1. The monoisotopic (exact) mass is 532 g/mol. The molecule has 0 saturated heterocycles. The summed E-state index contributed by atoms with van der Waals surface area (Å²) in [4.78, 5) is 36.7. The van der Waals surface area contributed by atoms with Gasteiger partial charge in [0.25, 0.3) is 0 Å². The number of carbonyl (C=O) groups is 3. The largest absolute Gasteiger partial charge is 0.481 e. The van der Waals surface area contributed by atoms with Crippen LogP contribution in [0.15, 0.2) is 24.3 Å². The van der Waals surface area contributed by atoms with E-state index in [0.29, 0.717) is 5.54 Å². The Labute approximate surface area is 222 Å². The molecule has 1 saturated carbocycles. The molecule has 2 heterocycles. The van der Waals surface area contributed by atoms with Gasteiger partial charge >= 0.3 is 17.9 Å². The number of carboxylic acid groups (broad SMARTS) is 3. The van der Waals surface area contributed by atoms with Gasteiger partial charge in [-0.15, -0.1) is 0 Å². The number of carboxylic acids is 3. The first-order valence-electron chi connectivity index (χ1n) is 13.2. The van der Waals surface area contributed by atoms with Crippen molar-refractivity contribution < 1.29 is 39.5 Å². The van der Waals surface area contributed by atoms with E-state index >= 15 is 0 Å². The molecule has 4 rings (SSSR count). The Morgan fingerprint density at radius 1 is 1.03 bits per heavy atom. The summed E-state index contributed by atoms with van der Waals surface area (Å²) in [5, 5.41) is 35.2. The molecule has 0 amide bonds. The molecule has 38 heavy (non-hydrogen) atoms. The van der Waals surface area contributed by atoms with E-state index in [1.165, 1.54) is 54.3 Å². The van der Waals surface area contributed by atoms with E-state index in [4.69, 9.17) is 25.2 Å². The molecule has 0 atom stereocenters. The Morgan fingerprint density at radius 2 is 1.63 bits per heavy atom. The topological polar surface area (TPSA) is 160 Å². The molecule has 2 aliphatic rings. The maximum atomic E-state index is 10.3. The number of H-pyrrole nitrogens is 1. The standard InChI is InChI=1S/C22H32N2O.C6H8O7/c1-4-5-11-21(24(2)3)12-14-22(15-13-21)20-18(10-16-25-22)17-8-6-7-9-19(17)23-20;7-3(8)1-6(13,5(11)12)2-4(9)10/h6-9,23H,4-5,10-16H2,1-3H3;13H,1-2H2,(H,7,8)(H,9,10)(H,11,12). The minimum Gasteiger partial charge on any atom is -0.481 e. The highest BCUT2D eigenvalue weighted by Crippen LogP contribution is 2.50. The molecule has 2 aromatic rings. The van der Waals surface area contributed by atoms with E-state index in [0.717, 1.165) is 25.9 Å². The van der Waals surface area contributed by atoms with Gasteiger partial charge in [-0.05, 0) is 64.3 Å². The molecule has 0 unspecified atom stereocenters. The van der Waals surface area contributed by atoms with Gasteiger partial charge in [-0.2, -0.15) is 0 Å². The van der Waals surface area contributed by atoms with Crippen LogP contribution in [-0.2, 0) is 31.1 Å². The van der Waals surface area contributed by atoms with Crippen LogP contribution in [-0.4, -0.2) is 80.1 Å². The quantitative estimate of drug-likeness (QED) is 0.324. The lowest BCUT2D eigenvalue weighted by Gasteiger charge is -2.50. The summed E-state index contributed by atoms with van der Waals surface area (Å²) < 4.78 is 6.49. The minimum absolute atomic E-state index is 0.0850. The van der Waals surface area contributed by atoms with Crippen molar-refractivity contribution in [3.05, 3.63) is 35.5 Å². The van der Waals surface area contributed by atoms with Crippen LogP contribution >= 0.6 is 0 Å². The maximum absolute atomic E-state index is 10.3. The molecule has 1 aromatic carbocycles. The summed E-state index contributed by atoms with van der Waals surface area (Å²) in [5.74, 6) is -5.02. The SMILES string of the molecule is CCCCC1(N(C)C)CCC2(CC1)OCCc1c2[nH]c2ccccc12.O=C(O)CC(O)(CC(=O)O)C(=O)O. The van der Waals surface area contributed by atoms with Crippen LogP contribution < -0.4 is 0 Å². The van der Waals surface area contributed by atoms with Gasteiger partial charge in [0, 0.05) is 16.4 Å². The third kappa shape index (κ3) is 6.19. The highest BCUT2D eigenvalue weighted by Gasteiger charge is 2.48.